The van der Waals surface area contributed by atoms with Gasteiger partial charge >= 0.3 is 0 Å². The lowest BCUT2D eigenvalue weighted by molar-refractivity contribution is 0.0352. The number of piperazine rings is 1. The molecule has 112 valence electrons. The monoisotopic (exact) mass is 298 g/mol. The van der Waals surface area contributed by atoms with E-state index in [2.05, 4.69) is 24.1 Å². The standard InChI is InChI=1S/C15H22N2O2.ClH/c1-11-8-17(12(2)7-16-11)9-13-10-18-14-5-3-4-6-15(14)19-13;/h3-6,11-13,16H,7-10H2,1-2H3;1H. The number of hydrogen-bond acceptors (Lipinski definition) is 4. The molecule has 0 radical (unpaired) electrons. The Bertz CT molecular complexity index is 444. The molecule has 1 fully saturated rings. The summed E-state index contributed by atoms with van der Waals surface area (Å²) < 4.78 is 11.8. The Morgan fingerprint density at radius 2 is 2.00 bits per heavy atom. The van der Waals surface area contributed by atoms with Gasteiger partial charge in [-0.3, -0.25) is 4.90 Å². The number of ether oxygens (including phenoxy) is 2. The van der Waals surface area contributed by atoms with Crippen molar-refractivity contribution in [2.24, 2.45) is 0 Å². The zero-order chi connectivity index (χ0) is 13.2. The van der Waals surface area contributed by atoms with E-state index >= 15 is 0 Å². The van der Waals surface area contributed by atoms with Crippen LogP contribution in [0.25, 0.3) is 0 Å². The molecule has 3 unspecified atom stereocenters. The van der Waals surface area contributed by atoms with E-state index in [-0.39, 0.29) is 18.5 Å². The number of nitrogens with zero attached hydrogens (tertiary/aromatic N) is 1. The molecule has 0 amide bonds. The topological polar surface area (TPSA) is 33.7 Å². The van der Waals surface area contributed by atoms with Gasteiger partial charge in [0.05, 0.1) is 0 Å². The fraction of sp³-hybridized carbons (Fsp3) is 0.600. The summed E-state index contributed by atoms with van der Waals surface area (Å²) in [6.45, 7) is 8.18. The van der Waals surface area contributed by atoms with Crippen LogP contribution in [0, 0.1) is 0 Å². The summed E-state index contributed by atoms with van der Waals surface area (Å²) in [6, 6.07) is 9.00. The van der Waals surface area contributed by atoms with Crippen LogP contribution in [0.2, 0.25) is 0 Å². The van der Waals surface area contributed by atoms with Gasteiger partial charge in [0.2, 0.25) is 0 Å². The molecule has 3 rings (SSSR count). The zero-order valence-electron chi connectivity index (χ0n) is 12.0. The average molecular weight is 299 g/mol. The Morgan fingerprint density at radius 1 is 1.25 bits per heavy atom. The van der Waals surface area contributed by atoms with Gasteiger partial charge in [0, 0.05) is 31.7 Å². The first-order chi connectivity index (χ1) is 9.22. The van der Waals surface area contributed by atoms with E-state index < -0.39 is 0 Å². The highest BCUT2D eigenvalue weighted by Crippen LogP contribution is 2.31. The van der Waals surface area contributed by atoms with Crippen LogP contribution in [0.4, 0.5) is 0 Å². The van der Waals surface area contributed by atoms with Crippen molar-refractivity contribution in [3.8, 4) is 11.5 Å². The van der Waals surface area contributed by atoms with Gasteiger partial charge in [-0.15, -0.1) is 12.4 Å². The molecule has 1 N–H and O–H groups in total. The molecule has 0 aromatic heterocycles. The molecule has 2 aliphatic heterocycles. The Kier molecular flexibility index (Phi) is 5.13. The third kappa shape index (κ3) is 3.37. The van der Waals surface area contributed by atoms with Gasteiger partial charge in [0.25, 0.3) is 0 Å². The van der Waals surface area contributed by atoms with Crippen LogP contribution in [-0.4, -0.2) is 49.3 Å². The first-order valence-electron chi connectivity index (χ1n) is 7.08. The predicted octanol–water partition coefficient (Wildman–Crippen LogP) is 1.93. The highest BCUT2D eigenvalue weighted by Gasteiger charge is 2.28. The van der Waals surface area contributed by atoms with Crippen molar-refractivity contribution >= 4 is 12.4 Å². The van der Waals surface area contributed by atoms with Crippen LogP contribution in [0.1, 0.15) is 13.8 Å². The van der Waals surface area contributed by atoms with Gasteiger partial charge in [-0.25, -0.2) is 0 Å². The quantitative estimate of drug-likeness (QED) is 0.905. The van der Waals surface area contributed by atoms with E-state index in [9.17, 15) is 0 Å². The maximum atomic E-state index is 6.03. The van der Waals surface area contributed by atoms with Crippen molar-refractivity contribution in [1.82, 2.24) is 10.2 Å². The summed E-state index contributed by atoms with van der Waals surface area (Å²) in [5, 5.41) is 3.50. The zero-order valence-corrected chi connectivity index (χ0v) is 12.9. The molecule has 0 saturated carbocycles. The second kappa shape index (κ2) is 6.66. The van der Waals surface area contributed by atoms with E-state index in [1.165, 1.54) is 0 Å². The molecule has 1 aromatic carbocycles. The maximum absolute atomic E-state index is 6.03. The average Bonchev–Trinajstić information content (AvgIpc) is 2.43. The maximum Gasteiger partial charge on any atom is 0.161 e. The van der Waals surface area contributed by atoms with Crippen molar-refractivity contribution in [2.45, 2.75) is 32.0 Å². The van der Waals surface area contributed by atoms with Crippen molar-refractivity contribution in [1.29, 1.82) is 0 Å². The van der Waals surface area contributed by atoms with E-state index in [0.29, 0.717) is 18.7 Å². The second-order valence-electron chi connectivity index (χ2n) is 5.61. The molecule has 3 atom stereocenters. The van der Waals surface area contributed by atoms with Crippen LogP contribution in [0.5, 0.6) is 11.5 Å². The number of nitrogens with one attached hydrogen (secondary N) is 1. The molecule has 20 heavy (non-hydrogen) atoms. The SMILES string of the molecule is CC1CN(CC2COc3ccccc3O2)C(C)CN1.Cl. The number of halogens is 1. The van der Waals surface area contributed by atoms with E-state index in [1.807, 2.05) is 24.3 Å². The normalized spacial score (nSPS) is 29.6. The van der Waals surface area contributed by atoms with Gasteiger partial charge in [-0.2, -0.15) is 0 Å². The van der Waals surface area contributed by atoms with Crippen molar-refractivity contribution < 1.29 is 9.47 Å². The lowest BCUT2D eigenvalue weighted by Crippen LogP contribution is -2.57. The molecule has 0 bridgehead atoms. The first kappa shape index (κ1) is 15.4. The number of rotatable bonds is 2. The van der Waals surface area contributed by atoms with Gasteiger partial charge in [0.1, 0.15) is 12.7 Å². The fourth-order valence-corrected chi connectivity index (χ4v) is 2.77. The minimum atomic E-state index is 0. The van der Waals surface area contributed by atoms with Crippen LogP contribution < -0.4 is 14.8 Å². The highest BCUT2D eigenvalue weighted by atomic mass is 35.5. The van der Waals surface area contributed by atoms with Gasteiger partial charge in [-0.1, -0.05) is 12.1 Å². The Balaban J connectivity index is 0.00000147. The van der Waals surface area contributed by atoms with Gasteiger partial charge in [-0.05, 0) is 26.0 Å². The molecular weight excluding hydrogens is 276 g/mol. The predicted molar refractivity (Wildman–Crippen MR) is 82.1 cm³/mol. The molecule has 4 nitrogen and oxygen atoms in total. The summed E-state index contributed by atoms with van der Waals surface area (Å²) >= 11 is 0. The van der Waals surface area contributed by atoms with Crippen LogP contribution in [0.15, 0.2) is 24.3 Å². The van der Waals surface area contributed by atoms with Crippen molar-refractivity contribution in [3.05, 3.63) is 24.3 Å². The van der Waals surface area contributed by atoms with Crippen molar-refractivity contribution in [2.75, 3.05) is 26.2 Å². The first-order valence-corrected chi connectivity index (χ1v) is 7.08. The molecule has 1 aromatic rings. The smallest absolute Gasteiger partial charge is 0.161 e. The lowest BCUT2D eigenvalue weighted by Gasteiger charge is -2.40. The van der Waals surface area contributed by atoms with Gasteiger partial charge < -0.3 is 14.8 Å². The summed E-state index contributed by atoms with van der Waals surface area (Å²) in [5.41, 5.74) is 0. The van der Waals surface area contributed by atoms with E-state index in [1.54, 1.807) is 0 Å². The van der Waals surface area contributed by atoms with Crippen LogP contribution >= 0.6 is 12.4 Å². The van der Waals surface area contributed by atoms with Gasteiger partial charge in [0.15, 0.2) is 11.5 Å². The van der Waals surface area contributed by atoms with Crippen LogP contribution in [-0.2, 0) is 0 Å². The van der Waals surface area contributed by atoms with E-state index in [4.69, 9.17) is 9.47 Å². The summed E-state index contributed by atoms with van der Waals surface area (Å²) in [5.74, 6) is 1.73. The molecule has 2 heterocycles. The molecular formula is C15H23ClN2O2. The fourth-order valence-electron chi connectivity index (χ4n) is 2.77. The van der Waals surface area contributed by atoms with Crippen LogP contribution in [0.3, 0.4) is 0 Å². The summed E-state index contributed by atoms with van der Waals surface area (Å²) in [6.07, 6.45) is 0.127. The van der Waals surface area contributed by atoms with E-state index in [0.717, 1.165) is 31.1 Å². The number of hydrogen-bond donors (Lipinski definition) is 1. The highest BCUT2D eigenvalue weighted by molar-refractivity contribution is 5.85. The lowest BCUT2D eigenvalue weighted by atomic mass is 10.1. The Morgan fingerprint density at radius 3 is 2.80 bits per heavy atom. The Labute approximate surface area is 126 Å². The molecule has 5 heteroatoms. The number of benzene rings is 1. The van der Waals surface area contributed by atoms with Crippen molar-refractivity contribution in [3.63, 3.8) is 0 Å². The number of para-hydroxylation sites is 2. The molecule has 2 aliphatic rings. The summed E-state index contributed by atoms with van der Waals surface area (Å²) in [4.78, 5) is 2.49. The molecule has 0 aliphatic carbocycles. The third-order valence-corrected chi connectivity index (χ3v) is 3.90. The largest absolute Gasteiger partial charge is 0.486 e. The number of fused-ring (bicyclic) bond motifs is 1. The second-order valence-corrected chi connectivity index (χ2v) is 5.61. The molecule has 0 spiro atoms. The minimum absolute atomic E-state index is 0. The third-order valence-electron chi connectivity index (χ3n) is 3.90. The Hall–Kier alpha value is -0.970. The summed E-state index contributed by atoms with van der Waals surface area (Å²) in [7, 11) is 0. The molecule has 1 saturated heterocycles. The minimum Gasteiger partial charge on any atom is -0.486 e.